The van der Waals surface area contributed by atoms with Crippen molar-refractivity contribution in [2.75, 3.05) is 34.6 Å². The fourth-order valence-electron chi connectivity index (χ4n) is 7.23. The first-order valence-electron chi connectivity index (χ1n) is 13.9. The first kappa shape index (κ1) is 26.5. The van der Waals surface area contributed by atoms with Gasteiger partial charge in [-0.15, -0.1) is 23.2 Å². The number of hydrogen-bond donors (Lipinski definition) is 5. The summed E-state index contributed by atoms with van der Waals surface area (Å²) in [4.78, 5) is 37.4. The average molecular weight is 597 g/mol. The van der Waals surface area contributed by atoms with Crippen molar-refractivity contribution < 1.29 is 19.8 Å². The number of halogens is 2. The number of anilines is 2. The predicted octanol–water partition coefficient (Wildman–Crippen LogP) is 4.84. The van der Waals surface area contributed by atoms with E-state index in [-0.39, 0.29) is 35.1 Å². The van der Waals surface area contributed by atoms with E-state index in [1.165, 1.54) is 0 Å². The zero-order valence-corrected chi connectivity index (χ0v) is 24.2. The van der Waals surface area contributed by atoms with E-state index in [9.17, 15) is 19.8 Å². The lowest BCUT2D eigenvalue weighted by atomic mass is 9.97. The fourth-order valence-corrected chi connectivity index (χ4v) is 7.73. The number of carbonyl (C=O) groups is 2. The summed E-state index contributed by atoms with van der Waals surface area (Å²) in [7, 11) is 0. The van der Waals surface area contributed by atoms with Crippen molar-refractivity contribution in [2.24, 2.45) is 0 Å². The second kappa shape index (κ2) is 9.58. The van der Waals surface area contributed by atoms with Crippen LogP contribution < -0.4 is 15.1 Å². The molecule has 11 heteroatoms. The summed E-state index contributed by atoms with van der Waals surface area (Å²) in [6.07, 6.45) is 4.71. The molecule has 9 nitrogen and oxygen atoms in total. The fraction of sp³-hybridized carbons (Fsp3) is 0.400. The van der Waals surface area contributed by atoms with Crippen molar-refractivity contribution in [3.8, 4) is 11.5 Å². The molecule has 1 saturated heterocycles. The molecule has 2 aromatic heterocycles. The number of amides is 2. The molecule has 1 fully saturated rings. The van der Waals surface area contributed by atoms with E-state index in [1.807, 2.05) is 26.2 Å². The summed E-state index contributed by atoms with van der Waals surface area (Å²) in [5.74, 6) is 0.457. The lowest BCUT2D eigenvalue weighted by Crippen LogP contribution is -2.49. The molecule has 4 unspecified atom stereocenters. The molecular weight excluding hydrogens is 565 g/mol. The number of alkyl halides is 2. The maximum absolute atomic E-state index is 13.9. The summed E-state index contributed by atoms with van der Waals surface area (Å²) in [6, 6.07) is 2.17. The maximum Gasteiger partial charge on any atom is 0.244 e. The van der Waals surface area contributed by atoms with Gasteiger partial charge in [-0.05, 0) is 48.9 Å². The molecule has 0 spiro atoms. The smallest absolute Gasteiger partial charge is 0.244 e. The topological polar surface area (TPSA) is 125 Å². The standard InChI is InChI=1S/C30H31Cl2N5O4/c1-13-9-33-27-21(38)5-19-25(23(13)27)15(7-31)11-36(19)29(40)17-3-4-18(35-17)30(41)37-12-16(8-32)26-20(37)6-22(39)28-24(26)14(2)10-34-28/h5-6,9-10,15-18,33-35,38-39H,3-4,7-8,11-12H2,1-2H3. The predicted molar refractivity (Wildman–Crippen MR) is 161 cm³/mol. The number of nitrogens with zero attached hydrogens (tertiary/aromatic N) is 2. The van der Waals surface area contributed by atoms with Crippen LogP contribution in [0, 0.1) is 13.8 Å². The number of carbonyl (C=O) groups excluding carboxylic acids is 2. The highest BCUT2D eigenvalue weighted by Gasteiger charge is 2.44. The number of fused-ring (bicyclic) bond motifs is 6. The number of aromatic amines is 2. The van der Waals surface area contributed by atoms with Crippen LogP contribution in [0.5, 0.6) is 11.5 Å². The number of phenolic OH excluding ortho intramolecular Hbond substituents is 2. The second-order valence-electron chi connectivity index (χ2n) is 11.5. The van der Waals surface area contributed by atoms with Gasteiger partial charge in [-0.3, -0.25) is 14.9 Å². The SMILES string of the molecule is Cc1c[nH]c2c(O)cc3c(c12)C(CCl)CN3C(=O)C1CCC(C(=O)N2CC(CCl)c3c2cc(O)c2[nH]cc(C)c32)N1. The minimum atomic E-state index is -0.551. The molecule has 214 valence electrons. The molecule has 0 bridgehead atoms. The Hall–Kier alpha value is -3.40. The zero-order chi connectivity index (χ0) is 28.7. The van der Waals surface area contributed by atoms with Crippen molar-refractivity contribution in [3.63, 3.8) is 0 Å². The van der Waals surface area contributed by atoms with Crippen LogP contribution in [0.4, 0.5) is 11.4 Å². The summed E-state index contributed by atoms with van der Waals surface area (Å²) in [6.45, 7) is 4.77. The lowest BCUT2D eigenvalue weighted by Gasteiger charge is -2.25. The van der Waals surface area contributed by atoms with Gasteiger partial charge in [0.25, 0.3) is 0 Å². The van der Waals surface area contributed by atoms with Crippen molar-refractivity contribution in [3.05, 3.63) is 46.8 Å². The Morgan fingerprint density at radius 2 is 1.22 bits per heavy atom. The molecule has 0 aliphatic carbocycles. The Morgan fingerprint density at radius 3 is 1.61 bits per heavy atom. The zero-order valence-electron chi connectivity index (χ0n) is 22.7. The Labute approximate surface area is 246 Å². The van der Waals surface area contributed by atoms with Gasteiger partial charge in [0.2, 0.25) is 11.8 Å². The Balaban J connectivity index is 1.16. The van der Waals surface area contributed by atoms with Crippen molar-refractivity contribution in [2.45, 2.75) is 50.6 Å². The molecular formula is C30H31Cl2N5O4. The van der Waals surface area contributed by atoms with E-state index < -0.39 is 12.1 Å². The molecule has 7 rings (SSSR count). The number of aromatic nitrogens is 2. The molecule has 0 radical (unpaired) electrons. The van der Waals surface area contributed by atoms with Crippen LogP contribution in [0.1, 0.15) is 46.9 Å². The minimum absolute atomic E-state index is 0.0676. The Morgan fingerprint density at radius 1 is 0.805 bits per heavy atom. The van der Waals surface area contributed by atoms with E-state index in [2.05, 4.69) is 15.3 Å². The number of aryl methyl sites for hydroxylation is 2. The first-order chi connectivity index (χ1) is 19.7. The third kappa shape index (κ3) is 3.78. The maximum atomic E-state index is 13.9. The Bertz CT molecular complexity index is 1620. The van der Waals surface area contributed by atoms with E-state index in [4.69, 9.17) is 23.2 Å². The molecule has 3 aliphatic rings. The van der Waals surface area contributed by atoms with Crippen LogP contribution in [0.2, 0.25) is 0 Å². The van der Waals surface area contributed by atoms with Gasteiger partial charge in [0, 0.05) is 72.0 Å². The van der Waals surface area contributed by atoms with Crippen LogP contribution in [0.15, 0.2) is 24.5 Å². The minimum Gasteiger partial charge on any atom is -0.506 e. The van der Waals surface area contributed by atoms with Crippen molar-refractivity contribution in [1.29, 1.82) is 0 Å². The normalized spacial score (nSPS) is 23.6. The van der Waals surface area contributed by atoms with Gasteiger partial charge in [-0.25, -0.2) is 0 Å². The lowest BCUT2D eigenvalue weighted by molar-refractivity contribution is -0.121. The molecule has 0 saturated carbocycles. The molecule has 3 aliphatic heterocycles. The molecule has 2 amide bonds. The molecule has 5 N–H and O–H groups in total. The molecule has 4 atom stereocenters. The number of hydrogen-bond acceptors (Lipinski definition) is 5. The molecule has 4 aromatic rings. The number of nitrogens with one attached hydrogen (secondary N) is 3. The van der Waals surface area contributed by atoms with Gasteiger partial charge in [0.1, 0.15) is 11.5 Å². The molecule has 2 aromatic carbocycles. The highest BCUT2D eigenvalue weighted by atomic mass is 35.5. The van der Waals surface area contributed by atoms with Crippen LogP contribution in [-0.4, -0.2) is 68.9 Å². The number of aromatic hydroxyl groups is 2. The highest BCUT2D eigenvalue weighted by molar-refractivity contribution is 6.19. The largest absolute Gasteiger partial charge is 0.506 e. The third-order valence-electron chi connectivity index (χ3n) is 9.16. The van der Waals surface area contributed by atoms with Crippen LogP contribution in [0.3, 0.4) is 0 Å². The monoisotopic (exact) mass is 595 g/mol. The van der Waals surface area contributed by atoms with E-state index >= 15 is 0 Å². The van der Waals surface area contributed by atoms with E-state index in [0.717, 1.165) is 33.0 Å². The number of H-pyrrole nitrogens is 2. The number of phenols is 2. The first-order valence-corrected chi connectivity index (χ1v) is 15.0. The van der Waals surface area contributed by atoms with Gasteiger partial charge in [0.05, 0.1) is 34.5 Å². The molecule has 5 heterocycles. The highest BCUT2D eigenvalue weighted by Crippen LogP contribution is 2.48. The summed E-state index contributed by atoms with van der Waals surface area (Å²) < 4.78 is 0. The number of rotatable bonds is 4. The van der Waals surface area contributed by atoms with Crippen LogP contribution in [-0.2, 0) is 9.59 Å². The third-order valence-corrected chi connectivity index (χ3v) is 9.90. The Kier molecular flexibility index (Phi) is 6.19. The van der Waals surface area contributed by atoms with Crippen LogP contribution >= 0.6 is 23.2 Å². The van der Waals surface area contributed by atoms with E-state index in [1.54, 1.807) is 21.9 Å². The van der Waals surface area contributed by atoms with Crippen LogP contribution in [0.25, 0.3) is 21.8 Å². The van der Waals surface area contributed by atoms with Crippen molar-refractivity contribution >= 4 is 68.2 Å². The summed E-state index contributed by atoms with van der Waals surface area (Å²) in [5, 5.41) is 26.6. The average Bonchev–Trinajstić information content (AvgIpc) is 3.78. The summed E-state index contributed by atoms with van der Waals surface area (Å²) >= 11 is 12.7. The van der Waals surface area contributed by atoms with E-state index in [0.29, 0.717) is 60.1 Å². The second-order valence-corrected chi connectivity index (χ2v) is 12.2. The molecule has 41 heavy (non-hydrogen) atoms. The van der Waals surface area contributed by atoms with Crippen molar-refractivity contribution in [1.82, 2.24) is 15.3 Å². The quantitative estimate of drug-likeness (QED) is 0.216. The number of benzene rings is 2. The van der Waals surface area contributed by atoms with Gasteiger partial charge in [-0.1, -0.05) is 0 Å². The van der Waals surface area contributed by atoms with Gasteiger partial charge in [-0.2, -0.15) is 0 Å². The van der Waals surface area contributed by atoms with Gasteiger partial charge < -0.3 is 30.0 Å². The van der Waals surface area contributed by atoms with Gasteiger partial charge in [0.15, 0.2) is 0 Å². The summed E-state index contributed by atoms with van der Waals surface area (Å²) in [5.41, 5.74) is 6.55. The van der Waals surface area contributed by atoms with Gasteiger partial charge >= 0.3 is 0 Å².